The Morgan fingerprint density at radius 3 is 2.38 bits per heavy atom. The summed E-state index contributed by atoms with van der Waals surface area (Å²) in [7, 11) is 0. The van der Waals surface area contributed by atoms with E-state index in [-0.39, 0.29) is 11.5 Å². The minimum absolute atomic E-state index is 0.155. The lowest BCUT2D eigenvalue weighted by molar-refractivity contribution is -0.115. The van der Waals surface area contributed by atoms with Crippen LogP contribution in [0.4, 0.5) is 5.69 Å². The highest BCUT2D eigenvalue weighted by atomic mass is 35.5. The van der Waals surface area contributed by atoms with Crippen molar-refractivity contribution in [1.82, 2.24) is 14.8 Å². The topological polar surface area (TPSA) is 106 Å². The number of nitrogens with zero attached hydrogens (tertiary/aromatic N) is 3. The predicted octanol–water partition coefficient (Wildman–Crippen LogP) is 5.55. The van der Waals surface area contributed by atoms with Crippen LogP contribution in [0.1, 0.15) is 50.0 Å². The van der Waals surface area contributed by atoms with Crippen LogP contribution in [0.5, 0.6) is 5.75 Å². The van der Waals surface area contributed by atoms with Gasteiger partial charge in [-0.1, -0.05) is 49.3 Å². The SMILES string of the molecule is CC(C)Cn1c(SC(C)C(=O)Nc2ccc(C(=O)O)cc2)nnc1C(C)Oc1ccccc1Cl. The van der Waals surface area contributed by atoms with Crippen LogP contribution in [0.2, 0.25) is 5.02 Å². The van der Waals surface area contributed by atoms with Gasteiger partial charge in [0.05, 0.1) is 15.8 Å². The number of carbonyl (C=O) groups is 2. The first kappa shape index (κ1) is 25.6. The van der Waals surface area contributed by atoms with E-state index in [9.17, 15) is 9.59 Å². The minimum atomic E-state index is -1.02. The van der Waals surface area contributed by atoms with Crippen LogP contribution in [0.15, 0.2) is 53.7 Å². The van der Waals surface area contributed by atoms with Gasteiger partial charge in [-0.3, -0.25) is 4.79 Å². The number of benzene rings is 2. The van der Waals surface area contributed by atoms with Crippen LogP contribution in [0.3, 0.4) is 0 Å². The number of ether oxygens (including phenoxy) is 1. The summed E-state index contributed by atoms with van der Waals surface area (Å²) in [6, 6.07) is 13.3. The molecule has 10 heteroatoms. The number of hydrogen-bond donors (Lipinski definition) is 2. The summed E-state index contributed by atoms with van der Waals surface area (Å²) < 4.78 is 8.01. The second-order valence-electron chi connectivity index (χ2n) is 8.17. The molecule has 0 aliphatic carbocycles. The Hall–Kier alpha value is -3.04. The third kappa shape index (κ3) is 6.51. The van der Waals surface area contributed by atoms with Crippen molar-refractivity contribution in [3.63, 3.8) is 0 Å². The maximum atomic E-state index is 12.7. The molecule has 34 heavy (non-hydrogen) atoms. The summed E-state index contributed by atoms with van der Waals surface area (Å²) >= 11 is 7.53. The summed E-state index contributed by atoms with van der Waals surface area (Å²) in [6.07, 6.45) is -0.405. The van der Waals surface area contributed by atoms with Gasteiger partial charge in [0.25, 0.3) is 0 Å². The van der Waals surface area contributed by atoms with E-state index in [2.05, 4.69) is 29.4 Å². The molecule has 8 nitrogen and oxygen atoms in total. The number of carboxylic acids is 1. The fourth-order valence-corrected chi connectivity index (χ4v) is 4.21. The second-order valence-corrected chi connectivity index (χ2v) is 9.88. The molecule has 1 amide bonds. The number of carboxylic acid groups (broad SMARTS) is 1. The van der Waals surface area contributed by atoms with E-state index in [4.69, 9.17) is 21.4 Å². The van der Waals surface area contributed by atoms with Gasteiger partial charge >= 0.3 is 5.97 Å². The Morgan fingerprint density at radius 2 is 1.76 bits per heavy atom. The molecule has 0 fully saturated rings. The number of halogens is 1. The lowest BCUT2D eigenvalue weighted by Crippen LogP contribution is -2.23. The predicted molar refractivity (Wildman–Crippen MR) is 133 cm³/mol. The molecule has 2 N–H and O–H groups in total. The fraction of sp³-hybridized carbons (Fsp3) is 0.333. The standard InChI is InChI=1S/C24H27ClN4O4S/c1-14(2)13-29-21(15(3)33-20-8-6-5-7-19(20)25)27-28-24(29)34-16(4)22(30)26-18-11-9-17(10-12-18)23(31)32/h5-12,14-16H,13H2,1-4H3,(H,26,30)(H,31,32). The fourth-order valence-electron chi connectivity index (χ4n) is 3.16. The zero-order chi connectivity index (χ0) is 24.8. The quantitative estimate of drug-likeness (QED) is 0.350. The molecule has 3 aromatic rings. The number of aromatic carboxylic acids is 1. The number of anilines is 1. The first-order valence-corrected chi connectivity index (χ1v) is 12.1. The van der Waals surface area contributed by atoms with Gasteiger partial charge in [-0.2, -0.15) is 0 Å². The number of nitrogens with one attached hydrogen (secondary N) is 1. The number of thioether (sulfide) groups is 1. The molecule has 1 heterocycles. The first-order chi connectivity index (χ1) is 16.2. The molecule has 180 valence electrons. The largest absolute Gasteiger partial charge is 0.481 e. The third-order valence-electron chi connectivity index (χ3n) is 4.85. The number of para-hydroxylation sites is 1. The van der Waals surface area contributed by atoms with Gasteiger partial charge in [-0.15, -0.1) is 10.2 Å². The molecule has 0 aliphatic heterocycles. The van der Waals surface area contributed by atoms with Crippen LogP contribution in [-0.4, -0.2) is 37.0 Å². The van der Waals surface area contributed by atoms with E-state index in [0.717, 1.165) is 0 Å². The van der Waals surface area contributed by atoms with E-state index in [0.29, 0.717) is 39.9 Å². The highest BCUT2D eigenvalue weighted by Crippen LogP contribution is 2.31. The average molecular weight is 503 g/mol. The average Bonchev–Trinajstić information content (AvgIpc) is 3.17. The molecule has 0 saturated heterocycles. The van der Waals surface area contributed by atoms with Gasteiger partial charge in [0.2, 0.25) is 5.91 Å². The van der Waals surface area contributed by atoms with E-state index < -0.39 is 17.3 Å². The Balaban J connectivity index is 1.74. The van der Waals surface area contributed by atoms with Crippen molar-refractivity contribution in [2.75, 3.05) is 5.32 Å². The molecule has 2 atom stereocenters. The normalized spacial score (nSPS) is 12.9. The van der Waals surface area contributed by atoms with Gasteiger partial charge in [0.1, 0.15) is 5.75 Å². The molecule has 0 saturated carbocycles. The third-order valence-corrected chi connectivity index (χ3v) is 6.24. The molecule has 0 spiro atoms. The van der Waals surface area contributed by atoms with Crippen LogP contribution in [0, 0.1) is 5.92 Å². The highest BCUT2D eigenvalue weighted by Gasteiger charge is 2.24. The number of aromatic nitrogens is 3. The van der Waals surface area contributed by atoms with Crippen LogP contribution >= 0.6 is 23.4 Å². The van der Waals surface area contributed by atoms with Gasteiger partial charge in [0, 0.05) is 12.2 Å². The molecular weight excluding hydrogens is 476 g/mol. The molecule has 2 unspecified atom stereocenters. The molecular formula is C24H27ClN4O4S. The van der Waals surface area contributed by atoms with E-state index in [1.54, 1.807) is 31.2 Å². The van der Waals surface area contributed by atoms with Crippen LogP contribution in [0.25, 0.3) is 0 Å². The van der Waals surface area contributed by atoms with Crippen molar-refractivity contribution in [2.24, 2.45) is 5.92 Å². The van der Waals surface area contributed by atoms with Crippen molar-refractivity contribution in [3.8, 4) is 5.75 Å². The van der Waals surface area contributed by atoms with E-state index >= 15 is 0 Å². The summed E-state index contributed by atoms with van der Waals surface area (Å²) in [6.45, 7) is 8.51. The Bertz CT molecular complexity index is 1150. The van der Waals surface area contributed by atoms with Crippen molar-refractivity contribution in [3.05, 3.63) is 64.9 Å². The number of rotatable bonds is 10. The number of hydrogen-bond acceptors (Lipinski definition) is 6. The van der Waals surface area contributed by atoms with Crippen molar-refractivity contribution in [1.29, 1.82) is 0 Å². The lowest BCUT2D eigenvalue weighted by Gasteiger charge is -2.19. The van der Waals surface area contributed by atoms with Gasteiger partial charge in [-0.25, -0.2) is 4.79 Å². The van der Waals surface area contributed by atoms with Gasteiger partial charge in [0.15, 0.2) is 17.1 Å². The Kier molecular flexibility index (Phi) is 8.57. The van der Waals surface area contributed by atoms with Crippen LogP contribution in [-0.2, 0) is 11.3 Å². The molecule has 0 bridgehead atoms. The zero-order valence-corrected chi connectivity index (χ0v) is 20.9. The zero-order valence-electron chi connectivity index (χ0n) is 19.4. The maximum absolute atomic E-state index is 12.7. The minimum Gasteiger partial charge on any atom is -0.481 e. The molecule has 0 radical (unpaired) electrons. The van der Waals surface area contributed by atoms with Crippen molar-refractivity contribution < 1.29 is 19.4 Å². The molecule has 2 aromatic carbocycles. The van der Waals surface area contributed by atoms with Crippen LogP contribution < -0.4 is 10.1 Å². The number of carbonyl (C=O) groups excluding carboxylic acids is 1. The van der Waals surface area contributed by atoms with Gasteiger partial charge in [-0.05, 0) is 56.2 Å². The Labute approximate surface area is 207 Å². The first-order valence-electron chi connectivity index (χ1n) is 10.8. The maximum Gasteiger partial charge on any atom is 0.335 e. The molecule has 1 aromatic heterocycles. The van der Waals surface area contributed by atoms with E-state index in [1.165, 1.54) is 23.9 Å². The summed E-state index contributed by atoms with van der Waals surface area (Å²) in [5.74, 6) is 0.280. The summed E-state index contributed by atoms with van der Waals surface area (Å²) in [5.41, 5.74) is 0.677. The lowest BCUT2D eigenvalue weighted by atomic mass is 10.2. The molecule has 3 rings (SSSR count). The van der Waals surface area contributed by atoms with Crippen molar-refractivity contribution >= 4 is 40.9 Å². The smallest absolute Gasteiger partial charge is 0.335 e. The summed E-state index contributed by atoms with van der Waals surface area (Å²) in [4.78, 5) is 23.7. The Morgan fingerprint density at radius 1 is 1.09 bits per heavy atom. The monoisotopic (exact) mass is 502 g/mol. The van der Waals surface area contributed by atoms with Crippen molar-refractivity contribution in [2.45, 2.75) is 50.8 Å². The summed E-state index contributed by atoms with van der Waals surface area (Å²) in [5, 5.41) is 21.2. The van der Waals surface area contributed by atoms with E-state index in [1.807, 2.05) is 23.6 Å². The molecule has 0 aliphatic rings. The highest BCUT2D eigenvalue weighted by molar-refractivity contribution is 8.00. The number of amides is 1. The second kappa shape index (κ2) is 11.4. The van der Waals surface area contributed by atoms with Gasteiger partial charge < -0.3 is 19.7 Å².